The van der Waals surface area contributed by atoms with E-state index in [2.05, 4.69) is 14.1 Å². The molecule has 0 spiro atoms. The molecule has 0 bridgehead atoms. The predicted molar refractivity (Wildman–Crippen MR) is 41.5 cm³/mol. The number of carbonyl (C=O) groups excluding carboxylic acids is 1. The van der Waals surface area contributed by atoms with E-state index in [9.17, 15) is 4.79 Å². The minimum Gasteiger partial charge on any atom is -0.463 e. The van der Waals surface area contributed by atoms with Gasteiger partial charge in [-0.05, 0) is 12.8 Å². The Hall–Kier alpha value is -0.140. The third kappa shape index (κ3) is 2.24. The molecule has 0 aromatic rings. The van der Waals surface area contributed by atoms with Crippen molar-refractivity contribution in [3.63, 3.8) is 0 Å². The van der Waals surface area contributed by atoms with Crippen molar-refractivity contribution in [3.05, 3.63) is 0 Å². The van der Waals surface area contributed by atoms with Crippen molar-refractivity contribution in [3.8, 4) is 0 Å². The second-order valence-electron chi connectivity index (χ2n) is 2.49. The molecule has 1 rings (SSSR count). The van der Waals surface area contributed by atoms with Crippen molar-refractivity contribution in [2.75, 3.05) is 13.1 Å². The molecular formula is C6H12NO2P. The SMILES string of the molecule is O=COC1CCCN(P)C1. The first-order valence-electron chi connectivity index (χ1n) is 3.41. The molecular weight excluding hydrogens is 149 g/mol. The van der Waals surface area contributed by atoms with Gasteiger partial charge in [0, 0.05) is 13.1 Å². The fourth-order valence-electron chi connectivity index (χ4n) is 1.16. The van der Waals surface area contributed by atoms with Crippen LogP contribution in [0.15, 0.2) is 0 Å². The molecule has 3 nitrogen and oxygen atoms in total. The Kier molecular flexibility index (Phi) is 3.10. The van der Waals surface area contributed by atoms with Gasteiger partial charge in [-0.3, -0.25) is 9.46 Å². The normalized spacial score (nSPS) is 27.9. The van der Waals surface area contributed by atoms with Crippen LogP contribution in [0.1, 0.15) is 12.8 Å². The van der Waals surface area contributed by atoms with Crippen LogP contribution in [0.2, 0.25) is 0 Å². The summed E-state index contributed by atoms with van der Waals surface area (Å²) in [5.41, 5.74) is 0. The average Bonchev–Trinajstić information content (AvgIpc) is 1.88. The fourth-order valence-corrected chi connectivity index (χ4v) is 1.57. The van der Waals surface area contributed by atoms with E-state index in [-0.39, 0.29) is 6.10 Å². The number of ether oxygens (including phenoxy) is 1. The lowest BCUT2D eigenvalue weighted by Crippen LogP contribution is -2.33. The van der Waals surface area contributed by atoms with Gasteiger partial charge in [0.2, 0.25) is 0 Å². The summed E-state index contributed by atoms with van der Waals surface area (Å²) in [4.78, 5) is 9.93. The summed E-state index contributed by atoms with van der Waals surface area (Å²) in [6.07, 6.45) is 2.23. The molecule has 0 aromatic carbocycles. The van der Waals surface area contributed by atoms with Gasteiger partial charge >= 0.3 is 0 Å². The number of carbonyl (C=O) groups is 1. The molecule has 1 aliphatic rings. The molecule has 0 amide bonds. The van der Waals surface area contributed by atoms with Crippen LogP contribution in [0.5, 0.6) is 0 Å². The largest absolute Gasteiger partial charge is 0.463 e. The smallest absolute Gasteiger partial charge is 0.293 e. The molecule has 0 aromatic heterocycles. The maximum Gasteiger partial charge on any atom is 0.293 e. The molecule has 1 fully saturated rings. The van der Waals surface area contributed by atoms with Crippen LogP contribution in [-0.4, -0.2) is 30.3 Å². The van der Waals surface area contributed by atoms with Crippen LogP contribution < -0.4 is 0 Å². The number of hydrogen-bond donors (Lipinski definition) is 0. The summed E-state index contributed by atoms with van der Waals surface area (Å²) >= 11 is 0. The maximum atomic E-state index is 9.93. The Balaban J connectivity index is 2.24. The zero-order chi connectivity index (χ0) is 7.40. The lowest BCUT2D eigenvalue weighted by Gasteiger charge is -2.27. The summed E-state index contributed by atoms with van der Waals surface area (Å²) in [6.45, 7) is 2.47. The summed E-state index contributed by atoms with van der Waals surface area (Å²) in [6, 6.07) is 0. The second-order valence-corrected chi connectivity index (χ2v) is 3.22. The molecule has 1 heterocycles. The molecule has 0 aliphatic carbocycles. The highest BCUT2D eigenvalue weighted by Crippen LogP contribution is 2.14. The van der Waals surface area contributed by atoms with Crippen molar-refractivity contribution in [2.45, 2.75) is 18.9 Å². The summed E-state index contributed by atoms with van der Waals surface area (Å²) in [7, 11) is 2.62. The first kappa shape index (κ1) is 7.96. The van der Waals surface area contributed by atoms with Gasteiger partial charge in [-0.1, -0.05) is 9.39 Å². The first-order valence-corrected chi connectivity index (χ1v) is 3.93. The van der Waals surface area contributed by atoms with Crippen LogP contribution in [0.25, 0.3) is 0 Å². The van der Waals surface area contributed by atoms with E-state index in [1.54, 1.807) is 0 Å². The number of nitrogens with zero attached hydrogens (tertiary/aromatic N) is 1. The van der Waals surface area contributed by atoms with Gasteiger partial charge in [0.05, 0.1) is 0 Å². The number of piperidine rings is 1. The standard InChI is InChI=1S/C6H12NO2P/c8-5-9-6-2-1-3-7(10)4-6/h5-6H,1-4,10H2. The van der Waals surface area contributed by atoms with E-state index in [0.29, 0.717) is 6.47 Å². The summed E-state index contributed by atoms with van der Waals surface area (Å²) in [5, 5.41) is 0. The van der Waals surface area contributed by atoms with Gasteiger partial charge in [0.15, 0.2) is 0 Å². The molecule has 1 aliphatic heterocycles. The van der Waals surface area contributed by atoms with Gasteiger partial charge < -0.3 is 4.74 Å². The van der Waals surface area contributed by atoms with E-state index in [0.717, 1.165) is 25.9 Å². The fraction of sp³-hybridized carbons (Fsp3) is 0.833. The monoisotopic (exact) mass is 161 g/mol. The highest BCUT2D eigenvalue weighted by Gasteiger charge is 2.17. The van der Waals surface area contributed by atoms with Gasteiger partial charge in [-0.25, -0.2) is 0 Å². The Morgan fingerprint density at radius 2 is 2.50 bits per heavy atom. The molecule has 0 N–H and O–H groups in total. The second kappa shape index (κ2) is 3.89. The minimum atomic E-state index is 0.115. The predicted octanol–water partition coefficient (Wildman–Crippen LogP) is 0.414. The Bertz CT molecular complexity index is 120. The highest BCUT2D eigenvalue weighted by molar-refractivity contribution is 7.13. The average molecular weight is 161 g/mol. The minimum absolute atomic E-state index is 0.115. The third-order valence-electron chi connectivity index (χ3n) is 1.66. The van der Waals surface area contributed by atoms with Crippen molar-refractivity contribution >= 4 is 15.9 Å². The number of rotatable bonds is 2. The van der Waals surface area contributed by atoms with Crippen LogP contribution in [0, 0.1) is 0 Å². The molecule has 2 unspecified atom stereocenters. The summed E-state index contributed by atoms with van der Waals surface area (Å²) in [5.74, 6) is 0. The molecule has 10 heavy (non-hydrogen) atoms. The van der Waals surface area contributed by atoms with Crippen molar-refractivity contribution < 1.29 is 9.53 Å². The lowest BCUT2D eigenvalue weighted by atomic mass is 10.1. The van der Waals surface area contributed by atoms with Crippen LogP contribution in [0.4, 0.5) is 0 Å². The zero-order valence-corrected chi connectivity index (χ0v) is 6.98. The van der Waals surface area contributed by atoms with Crippen LogP contribution >= 0.6 is 9.39 Å². The Labute approximate surface area is 63.0 Å². The Morgan fingerprint density at radius 1 is 1.70 bits per heavy atom. The number of hydrogen-bond acceptors (Lipinski definition) is 3. The van der Waals surface area contributed by atoms with Crippen molar-refractivity contribution in [1.82, 2.24) is 4.67 Å². The topological polar surface area (TPSA) is 29.5 Å². The van der Waals surface area contributed by atoms with E-state index < -0.39 is 0 Å². The van der Waals surface area contributed by atoms with Gasteiger partial charge in [-0.15, -0.1) is 0 Å². The summed E-state index contributed by atoms with van der Waals surface area (Å²) < 4.78 is 6.91. The van der Waals surface area contributed by atoms with E-state index in [1.165, 1.54) is 0 Å². The molecule has 0 saturated carbocycles. The molecule has 0 radical (unpaired) electrons. The van der Waals surface area contributed by atoms with Gasteiger partial charge in [-0.2, -0.15) is 0 Å². The molecule has 2 atom stereocenters. The van der Waals surface area contributed by atoms with Crippen molar-refractivity contribution in [1.29, 1.82) is 0 Å². The zero-order valence-electron chi connectivity index (χ0n) is 5.82. The Morgan fingerprint density at radius 3 is 3.10 bits per heavy atom. The van der Waals surface area contributed by atoms with Crippen LogP contribution in [0.3, 0.4) is 0 Å². The quantitative estimate of drug-likeness (QED) is 0.434. The van der Waals surface area contributed by atoms with Crippen LogP contribution in [-0.2, 0) is 9.53 Å². The maximum absolute atomic E-state index is 9.93. The lowest BCUT2D eigenvalue weighted by molar-refractivity contribution is -0.135. The van der Waals surface area contributed by atoms with Gasteiger partial charge in [0.25, 0.3) is 6.47 Å². The van der Waals surface area contributed by atoms with E-state index >= 15 is 0 Å². The van der Waals surface area contributed by atoms with E-state index in [1.807, 2.05) is 0 Å². The molecule has 1 saturated heterocycles. The molecule has 58 valence electrons. The molecule has 4 heteroatoms. The van der Waals surface area contributed by atoms with Crippen molar-refractivity contribution in [2.24, 2.45) is 0 Å². The first-order chi connectivity index (χ1) is 4.83. The third-order valence-corrected chi connectivity index (χ3v) is 2.13. The highest BCUT2D eigenvalue weighted by atomic mass is 31.0. The van der Waals surface area contributed by atoms with Gasteiger partial charge in [0.1, 0.15) is 6.10 Å². The van der Waals surface area contributed by atoms with E-state index in [4.69, 9.17) is 4.74 Å².